The van der Waals surface area contributed by atoms with E-state index in [-0.39, 0.29) is 17.4 Å². The van der Waals surface area contributed by atoms with Gasteiger partial charge in [-0.1, -0.05) is 19.8 Å². The van der Waals surface area contributed by atoms with Gasteiger partial charge in [0.05, 0.1) is 21.4 Å². The lowest BCUT2D eigenvalue weighted by atomic mass is 10.0. The molecule has 136 valence electrons. The molecule has 0 saturated carbocycles. The summed E-state index contributed by atoms with van der Waals surface area (Å²) in [6.07, 6.45) is 5.61. The number of hydrogen-bond acceptors (Lipinski definition) is 3. The number of piperidine rings is 1. The summed E-state index contributed by atoms with van der Waals surface area (Å²) in [6, 6.07) is 3.03. The van der Waals surface area contributed by atoms with Crippen LogP contribution in [0.2, 0.25) is 0 Å². The number of nitrogens with zero attached hydrogens (tertiary/aromatic N) is 3. The standard InChI is InChI=1S/C19H25BrFN3O/c1-3-8-17(23-9-6-5-7-10-23)18-22-16-12-15(21)14(20)11-13(16)19(25)24(18)4-2/h11-12,17H,3-10H2,1-2H3. The first kappa shape index (κ1) is 18.5. The molecule has 1 saturated heterocycles. The van der Waals surface area contributed by atoms with Crippen LogP contribution in [0.3, 0.4) is 0 Å². The average Bonchev–Trinajstić information content (AvgIpc) is 2.62. The van der Waals surface area contributed by atoms with Gasteiger partial charge in [0.15, 0.2) is 0 Å². The molecule has 1 aliphatic heterocycles. The molecule has 1 fully saturated rings. The second-order valence-electron chi connectivity index (χ2n) is 6.70. The molecule has 3 rings (SSSR count). The molecule has 0 bridgehead atoms. The molecule has 1 unspecified atom stereocenters. The zero-order valence-corrected chi connectivity index (χ0v) is 16.5. The predicted molar refractivity (Wildman–Crippen MR) is 102 cm³/mol. The lowest BCUT2D eigenvalue weighted by Gasteiger charge is -2.35. The lowest BCUT2D eigenvalue weighted by molar-refractivity contribution is 0.144. The Balaban J connectivity index is 2.18. The Hall–Kier alpha value is -1.27. The van der Waals surface area contributed by atoms with Crippen LogP contribution in [0.25, 0.3) is 10.9 Å². The van der Waals surface area contributed by atoms with Gasteiger partial charge in [0.1, 0.15) is 11.6 Å². The highest BCUT2D eigenvalue weighted by atomic mass is 79.9. The third-order valence-electron chi connectivity index (χ3n) is 5.03. The monoisotopic (exact) mass is 409 g/mol. The predicted octanol–water partition coefficient (Wildman–Crippen LogP) is 4.65. The Morgan fingerprint density at radius 3 is 2.60 bits per heavy atom. The van der Waals surface area contributed by atoms with Gasteiger partial charge >= 0.3 is 0 Å². The zero-order chi connectivity index (χ0) is 18.0. The molecule has 25 heavy (non-hydrogen) atoms. The van der Waals surface area contributed by atoms with Gasteiger partial charge in [0.2, 0.25) is 0 Å². The molecule has 1 aromatic carbocycles. The highest BCUT2D eigenvalue weighted by Crippen LogP contribution is 2.29. The fraction of sp³-hybridized carbons (Fsp3) is 0.579. The molecular weight excluding hydrogens is 385 g/mol. The third-order valence-corrected chi connectivity index (χ3v) is 5.64. The van der Waals surface area contributed by atoms with Crippen molar-refractivity contribution in [1.29, 1.82) is 0 Å². The van der Waals surface area contributed by atoms with Crippen LogP contribution in [0.4, 0.5) is 4.39 Å². The van der Waals surface area contributed by atoms with E-state index in [2.05, 4.69) is 27.8 Å². The third kappa shape index (κ3) is 3.65. The van der Waals surface area contributed by atoms with Crippen molar-refractivity contribution >= 4 is 26.8 Å². The van der Waals surface area contributed by atoms with Crippen LogP contribution in [0.15, 0.2) is 21.4 Å². The van der Waals surface area contributed by atoms with Gasteiger partial charge in [0.25, 0.3) is 5.56 Å². The Morgan fingerprint density at radius 1 is 1.24 bits per heavy atom. The minimum atomic E-state index is -0.385. The molecule has 2 heterocycles. The second-order valence-corrected chi connectivity index (χ2v) is 7.56. The molecule has 1 aromatic heterocycles. The Kier molecular flexibility index (Phi) is 5.89. The lowest BCUT2D eigenvalue weighted by Crippen LogP contribution is -2.38. The highest BCUT2D eigenvalue weighted by Gasteiger charge is 2.26. The SMILES string of the molecule is CCCC(c1nc2cc(F)c(Br)cc2c(=O)n1CC)N1CCCCC1. The number of fused-ring (bicyclic) bond motifs is 1. The first-order valence-electron chi connectivity index (χ1n) is 9.20. The molecule has 1 aliphatic rings. The molecule has 0 N–H and O–H groups in total. The van der Waals surface area contributed by atoms with Gasteiger partial charge in [-0.15, -0.1) is 0 Å². The second kappa shape index (κ2) is 7.96. The Labute approximate surface area is 156 Å². The Morgan fingerprint density at radius 2 is 1.96 bits per heavy atom. The topological polar surface area (TPSA) is 38.1 Å². The van der Waals surface area contributed by atoms with Crippen LogP contribution >= 0.6 is 15.9 Å². The van der Waals surface area contributed by atoms with Gasteiger partial charge < -0.3 is 0 Å². The van der Waals surface area contributed by atoms with E-state index in [0.29, 0.717) is 21.9 Å². The number of likely N-dealkylation sites (tertiary alicyclic amines) is 1. The van der Waals surface area contributed by atoms with Crippen LogP contribution in [-0.4, -0.2) is 27.5 Å². The summed E-state index contributed by atoms with van der Waals surface area (Å²) in [5.74, 6) is 0.398. The summed E-state index contributed by atoms with van der Waals surface area (Å²) in [7, 11) is 0. The molecule has 4 nitrogen and oxygen atoms in total. The number of rotatable bonds is 5. The summed E-state index contributed by atoms with van der Waals surface area (Å²) >= 11 is 3.17. The summed E-state index contributed by atoms with van der Waals surface area (Å²) in [6.45, 7) is 6.77. The van der Waals surface area contributed by atoms with Crippen molar-refractivity contribution in [3.63, 3.8) is 0 Å². The van der Waals surface area contributed by atoms with Crippen molar-refractivity contribution in [2.24, 2.45) is 0 Å². The van der Waals surface area contributed by atoms with E-state index in [1.807, 2.05) is 6.92 Å². The van der Waals surface area contributed by atoms with Crippen molar-refractivity contribution in [2.45, 2.75) is 58.5 Å². The normalized spacial score (nSPS) is 17.1. The molecule has 1 atom stereocenters. The van der Waals surface area contributed by atoms with Crippen molar-refractivity contribution < 1.29 is 4.39 Å². The maximum Gasteiger partial charge on any atom is 0.261 e. The maximum atomic E-state index is 14.0. The fourth-order valence-electron chi connectivity index (χ4n) is 3.77. The van der Waals surface area contributed by atoms with Crippen molar-refractivity contribution in [3.05, 3.63) is 38.6 Å². The summed E-state index contributed by atoms with van der Waals surface area (Å²) in [5.41, 5.74) is 0.366. The maximum absolute atomic E-state index is 14.0. The molecule has 2 aromatic rings. The van der Waals surface area contributed by atoms with E-state index in [1.54, 1.807) is 10.6 Å². The van der Waals surface area contributed by atoms with Crippen molar-refractivity contribution in [2.75, 3.05) is 13.1 Å². The summed E-state index contributed by atoms with van der Waals surface area (Å²) in [4.78, 5) is 20.2. The highest BCUT2D eigenvalue weighted by molar-refractivity contribution is 9.10. The fourth-order valence-corrected chi connectivity index (χ4v) is 4.12. The molecule has 0 aliphatic carbocycles. The number of benzene rings is 1. The average molecular weight is 410 g/mol. The molecule has 0 radical (unpaired) electrons. The number of aromatic nitrogens is 2. The minimum Gasteiger partial charge on any atom is -0.295 e. The quantitative estimate of drug-likeness (QED) is 0.721. The summed E-state index contributed by atoms with van der Waals surface area (Å²) in [5, 5.41) is 0.466. The van der Waals surface area contributed by atoms with E-state index in [0.717, 1.165) is 31.8 Å². The van der Waals surface area contributed by atoms with Crippen LogP contribution < -0.4 is 5.56 Å². The van der Waals surface area contributed by atoms with Crippen LogP contribution in [-0.2, 0) is 6.54 Å². The zero-order valence-electron chi connectivity index (χ0n) is 14.9. The van der Waals surface area contributed by atoms with Gasteiger partial charge in [0, 0.05) is 12.6 Å². The van der Waals surface area contributed by atoms with Crippen LogP contribution in [0, 0.1) is 5.82 Å². The van der Waals surface area contributed by atoms with Crippen molar-refractivity contribution in [1.82, 2.24) is 14.5 Å². The summed E-state index contributed by atoms with van der Waals surface area (Å²) < 4.78 is 16.1. The first-order chi connectivity index (χ1) is 12.1. The number of halogens is 2. The minimum absolute atomic E-state index is 0.0821. The van der Waals surface area contributed by atoms with E-state index in [1.165, 1.54) is 25.3 Å². The molecule has 6 heteroatoms. The van der Waals surface area contributed by atoms with Gasteiger partial charge in [-0.25, -0.2) is 9.37 Å². The van der Waals surface area contributed by atoms with E-state index in [9.17, 15) is 9.18 Å². The molecule has 0 spiro atoms. The van der Waals surface area contributed by atoms with Gasteiger partial charge in [-0.05, 0) is 61.3 Å². The number of hydrogen-bond donors (Lipinski definition) is 0. The van der Waals surface area contributed by atoms with Crippen molar-refractivity contribution in [3.8, 4) is 0 Å². The first-order valence-corrected chi connectivity index (χ1v) is 9.99. The molecule has 0 amide bonds. The largest absolute Gasteiger partial charge is 0.295 e. The van der Waals surface area contributed by atoms with Gasteiger partial charge in [-0.3, -0.25) is 14.3 Å². The smallest absolute Gasteiger partial charge is 0.261 e. The van der Waals surface area contributed by atoms with Gasteiger partial charge in [-0.2, -0.15) is 0 Å². The van der Waals surface area contributed by atoms with E-state index >= 15 is 0 Å². The van der Waals surface area contributed by atoms with E-state index < -0.39 is 0 Å². The van der Waals surface area contributed by atoms with Crippen LogP contribution in [0.5, 0.6) is 0 Å². The Bertz CT molecular complexity index is 814. The van der Waals surface area contributed by atoms with Crippen LogP contribution in [0.1, 0.15) is 57.8 Å². The van der Waals surface area contributed by atoms with E-state index in [4.69, 9.17) is 4.98 Å². The molecular formula is C19H25BrFN3O.